The molecule has 0 spiro atoms. The Morgan fingerprint density at radius 1 is 1.00 bits per heavy atom. The molecule has 3 rings (SSSR count). The lowest BCUT2D eigenvalue weighted by atomic mass is 10.0. The quantitative estimate of drug-likeness (QED) is 0.360. The fraction of sp³-hybridized carbons (Fsp3) is 0.385. The lowest BCUT2D eigenvalue weighted by molar-refractivity contribution is 0.339. The van der Waals surface area contributed by atoms with Crippen LogP contribution >= 0.6 is 31.9 Å². The summed E-state index contributed by atoms with van der Waals surface area (Å²) >= 11 is 6.41. The summed E-state index contributed by atoms with van der Waals surface area (Å²) in [5, 5.41) is 7.00. The van der Waals surface area contributed by atoms with E-state index in [-0.39, 0.29) is 0 Å². The number of para-hydroxylation sites is 1. The second-order valence-corrected chi connectivity index (χ2v) is 7.35. The first-order valence-corrected chi connectivity index (χ1v) is 12.9. The van der Waals surface area contributed by atoms with Gasteiger partial charge in [-0.3, -0.25) is 0 Å². The molecule has 0 radical (unpaired) electrons. The van der Waals surface area contributed by atoms with Crippen LogP contribution in [-0.4, -0.2) is 30.8 Å². The maximum absolute atomic E-state index is 14.9. The summed E-state index contributed by atoms with van der Waals surface area (Å²) in [6.07, 6.45) is 7.99. The van der Waals surface area contributed by atoms with Gasteiger partial charge in [-0.1, -0.05) is 82.1 Å². The second-order valence-electron chi connectivity index (χ2n) is 6.43. The van der Waals surface area contributed by atoms with Crippen LogP contribution in [0.2, 0.25) is 0 Å². The van der Waals surface area contributed by atoms with Crippen molar-refractivity contribution in [2.75, 3.05) is 24.4 Å². The molecule has 1 atom stereocenters. The zero-order valence-corrected chi connectivity index (χ0v) is 22.5. The summed E-state index contributed by atoms with van der Waals surface area (Å²) in [5.41, 5.74) is 4.32. The van der Waals surface area contributed by atoms with E-state index in [1.54, 1.807) is 0 Å². The molecule has 0 saturated heterocycles. The van der Waals surface area contributed by atoms with Crippen LogP contribution in [-0.2, 0) is 0 Å². The van der Waals surface area contributed by atoms with Crippen molar-refractivity contribution in [3.05, 3.63) is 82.4 Å². The molecule has 0 heterocycles. The highest BCUT2D eigenvalue weighted by Gasteiger charge is 2.18. The van der Waals surface area contributed by atoms with Crippen molar-refractivity contribution in [3.63, 3.8) is 0 Å². The highest BCUT2D eigenvalue weighted by atomic mass is 79.9. The normalized spacial score (nSPS) is 12.6. The molecule has 2 aromatic carbocycles. The molecule has 0 aromatic heterocycles. The number of aliphatic hydroxyl groups excluding tert-OH is 1. The largest absolute Gasteiger partial charge is 0.400 e. The Morgan fingerprint density at radius 2 is 1.61 bits per heavy atom. The molecule has 1 unspecified atom stereocenters. The van der Waals surface area contributed by atoms with Crippen molar-refractivity contribution in [1.29, 1.82) is 0 Å². The Balaban J connectivity index is 0.00000138. The molecule has 1 aliphatic carbocycles. The molecule has 5 heteroatoms. The molecule has 2 nitrogen and oxygen atoms in total. The first-order chi connectivity index (χ1) is 15.1. The third-order valence-electron chi connectivity index (χ3n) is 4.45. The number of hydrogen-bond donors (Lipinski definition) is 1. The van der Waals surface area contributed by atoms with Gasteiger partial charge in [0.2, 0.25) is 0 Å². The number of aryl methyl sites for hydroxylation is 1. The average molecular weight is 557 g/mol. The lowest BCUT2D eigenvalue weighted by Crippen LogP contribution is -2.27. The number of nitrogens with zero attached hydrogens (tertiary/aromatic N) is 1. The van der Waals surface area contributed by atoms with Gasteiger partial charge in [-0.15, -0.1) is 0 Å². The Labute approximate surface area is 205 Å². The molecule has 172 valence electrons. The van der Waals surface area contributed by atoms with Gasteiger partial charge in [-0.25, -0.2) is 4.39 Å². The molecule has 31 heavy (non-hydrogen) atoms. The summed E-state index contributed by atoms with van der Waals surface area (Å²) in [6.45, 7) is 6.42. The summed E-state index contributed by atoms with van der Waals surface area (Å²) < 4.78 is 15.9. The summed E-state index contributed by atoms with van der Waals surface area (Å²) in [7, 11) is 1.00. The maximum atomic E-state index is 14.9. The van der Waals surface area contributed by atoms with Crippen molar-refractivity contribution in [2.24, 2.45) is 0 Å². The molecule has 1 aliphatic rings. The second kappa shape index (κ2) is 18.2. The van der Waals surface area contributed by atoms with Crippen molar-refractivity contribution in [2.45, 2.75) is 46.2 Å². The summed E-state index contributed by atoms with van der Waals surface area (Å²) in [5.74, 6) is 1.81. The van der Waals surface area contributed by atoms with Crippen LogP contribution in [0.15, 0.2) is 76.8 Å². The van der Waals surface area contributed by atoms with E-state index in [2.05, 4.69) is 74.0 Å². The van der Waals surface area contributed by atoms with E-state index >= 15 is 0 Å². The fourth-order valence-corrected chi connectivity index (χ4v) is 3.43. The highest BCUT2D eigenvalue weighted by Crippen LogP contribution is 2.31. The predicted octanol–water partition coefficient (Wildman–Crippen LogP) is 8.55. The van der Waals surface area contributed by atoms with Gasteiger partial charge < -0.3 is 10.0 Å². The van der Waals surface area contributed by atoms with Crippen molar-refractivity contribution < 1.29 is 9.50 Å². The molecule has 2 aromatic rings. The molecule has 0 bridgehead atoms. The minimum Gasteiger partial charge on any atom is -0.400 e. The van der Waals surface area contributed by atoms with Gasteiger partial charge in [-0.2, -0.15) is 0 Å². The summed E-state index contributed by atoms with van der Waals surface area (Å²) in [6, 6.07) is 16.2. The smallest absolute Gasteiger partial charge is 0.122 e. The van der Waals surface area contributed by atoms with Crippen LogP contribution in [0.4, 0.5) is 15.8 Å². The van der Waals surface area contributed by atoms with Gasteiger partial charge in [-0.05, 0) is 67.1 Å². The Kier molecular flexibility index (Phi) is 17.3. The number of hydrogen-bond acceptors (Lipinski definition) is 2. The molecule has 0 fully saturated rings. The molecule has 0 aliphatic heterocycles. The van der Waals surface area contributed by atoms with Crippen molar-refractivity contribution in [3.8, 4) is 0 Å². The van der Waals surface area contributed by atoms with E-state index < -0.39 is 6.17 Å². The number of alkyl halides is 2. The van der Waals surface area contributed by atoms with Crippen LogP contribution in [0.25, 0.3) is 0 Å². The Bertz CT molecular complexity index is 775. The van der Waals surface area contributed by atoms with E-state index in [9.17, 15) is 4.39 Å². The molecular formula is C26H36Br2FNO. The molecule has 0 saturated carbocycles. The minimum atomic E-state index is -0.919. The van der Waals surface area contributed by atoms with E-state index in [0.717, 1.165) is 46.9 Å². The molecular weight excluding hydrogens is 521 g/mol. The van der Waals surface area contributed by atoms with Gasteiger partial charge >= 0.3 is 0 Å². The third kappa shape index (κ3) is 10.6. The fourth-order valence-electron chi connectivity index (χ4n) is 3.17. The third-order valence-corrected chi connectivity index (χ3v) is 4.98. The van der Waals surface area contributed by atoms with Gasteiger partial charge in [0, 0.05) is 29.4 Å². The standard InChI is InChI=1S/C22H23BrFN.C2H6.CH3Br.CH4O/c1-17-7-5-6-10-22(17)25(21-13-11-19(23)12-14-21)16-20(24)15-18-8-3-2-4-9-18;3*1-2/h3,5-14,20H,2,4,15-16H2,1H3;1-2H3;1H3;2H,1H3. The Morgan fingerprint density at radius 3 is 2.16 bits per heavy atom. The number of halogens is 3. The van der Waals surface area contributed by atoms with Gasteiger partial charge in [0.1, 0.15) is 6.17 Å². The maximum Gasteiger partial charge on any atom is 0.122 e. The monoisotopic (exact) mass is 555 g/mol. The molecule has 1 N–H and O–H groups in total. The number of aliphatic hydroxyl groups is 1. The van der Waals surface area contributed by atoms with Gasteiger partial charge in [0.25, 0.3) is 0 Å². The zero-order valence-electron chi connectivity index (χ0n) is 19.3. The topological polar surface area (TPSA) is 23.5 Å². The number of allylic oxidation sites excluding steroid dienone is 4. The summed E-state index contributed by atoms with van der Waals surface area (Å²) in [4.78, 5) is 2.08. The van der Waals surface area contributed by atoms with Crippen molar-refractivity contribution >= 4 is 43.2 Å². The van der Waals surface area contributed by atoms with E-state index in [0.29, 0.717) is 13.0 Å². The zero-order chi connectivity index (χ0) is 23.6. The minimum absolute atomic E-state index is 0.345. The number of rotatable bonds is 6. The van der Waals surface area contributed by atoms with Crippen LogP contribution in [0.1, 0.15) is 38.7 Å². The number of anilines is 2. The van der Waals surface area contributed by atoms with E-state index in [1.165, 1.54) is 0 Å². The first kappa shape index (κ1) is 29.6. The Hall–Kier alpha value is -1.43. The van der Waals surface area contributed by atoms with E-state index in [1.807, 2.05) is 56.1 Å². The van der Waals surface area contributed by atoms with Crippen LogP contribution in [0.3, 0.4) is 0 Å². The first-order valence-electron chi connectivity index (χ1n) is 10.5. The van der Waals surface area contributed by atoms with Gasteiger partial charge in [0.15, 0.2) is 0 Å². The highest BCUT2D eigenvalue weighted by molar-refractivity contribution is 9.10. The predicted molar refractivity (Wildman–Crippen MR) is 143 cm³/mol. The number of benzene rings is 2. The van der Waals surface area contributed by atoms with Gasteiger partial charge in [0.05, 0.1) is 6.54 Å². The van der Waals surface area contributed by atoms with E-state index in [4.69, 9.17) is 5.11 Å². The van der Waals surface area contributed by atoms with Crippen LogP contribution in [0.5, 0.6) is 0 Å². The average Bonchev–Trinajstić information content (AvgIpc) is 2.83. The van der Waals surface area contributed by atoms with Crippen LogP contribution < -0.4 is 4.90 Å². The molecule has 0 amide bonds. The van der Waals surface area contributed by atoms with Crippen molar-refractivity contribution in [1.82, 2.24) is 0 Å². The SMILES string of the molecule is CBr.CC.CO.Cc1ccccc1N(CC(F)CC1=CCCC=C1)c1ccc(Br)cc1. The van der Waals surface area contributed by atoms with Crippen LogP contribution in [0, 0.1) is 6.92 Å². The lowest BCUT2D eigenvalue weighted by Gasteiger charge is -2.28.